The Morgan fingerprint density at radius 2 is 2.06 bits per heavy atom. The number of H-pyrrole nitrogens is 1. The topological polar surface area (TPSA) is 61.8 Å². The normalized spacial score (nSPS) is 10.9. The lowest BCUT2D eigenvalue weighted by atomic mass is 10.2. The average Bonchev–Trinajstić information content (AvgIpc) is 2.72. The first-order valence-corrected chi connectivity index (χ1v) is 5.81. The van der Waals surface area contributed by atoms with Gasteiger partial charge in [0.05, 0.1) is 17.2 Å². The zero-order chi connectivity index (χ0) is 11.8. The Hall–Kier alpha value is -1.88. The van der Waals surface area contributed by atoms with Crippen molar-refractivity contribution in [3.8, 4) is 17.1 Å². The molecular formula is C12H8BrN3O. The van der Waals surface area contributed by atoms with Crippen molar-refractivity contribution in [3.63, 3.8) is 0 Å². The highest BCUT2D eigenvalue weighted by molar-refractivity contribution is 9.10. The lowest BCUT2D eigenvalue weighted by Crippen LogP contribution is -1.81. The summed E-state index contributed by atoms with van der Waals surface area (Å²) < 4.78 is 0.995. The van der Waals surface area contributed by atoms with Crippen LogP contribution in [0.1, 0.15) is 0 Å². The van der Waals surface area contributed by atoms with Crippen molar-refractivity contribution < 1.29 is 5.11 Å². The molecule has 2 heterocycles. The number of nitrogens with zero attached hydrogens (tertiary/aromatic N) is 2. The molecule has 0 aliphatic carbocycles. The molecule has 2 aromatic heterocycles. The van der Waals surface area contributed by atoms with Gasteiger partial charge in [-0.1, -0.05) is 15.9 Å². The fourth-order valence-corrected chi connectivity index (χ4v) is 2.04. The molecule has 0 saturated heterocycles. The molecule has 17 heavy (non-hydrogen) atoms. The zero-order valence-corrected chi connectivity index (χ0v) is 10.3. The molecule has 84 valence electrons. The summed E-state index contributed by atoms with van der Waals surface area (Å²) in [4.78, 5) is 11.6. The molecule has 0 aliphatic rings. The fourth-order valence-electron chi connectivity index (χ4n) is 1.68. The van der Waals surface area contributed by atoms with Crippen LogP contribution in [-0.4, -0.2) is 20.1 Å². The maximum Gasteiger partial charge on any atom is 0.140 e. The first-order valence-electron chi connectivity index (χ1n) is 5.02. The Bertz CT molecular complexity index is 693. The van der Waals surface area contributed by atoms with Gasteiger partial charge in [-0.05, 0) is 24.3 Å². The second-order valence-corrected chi connectivity index (χ2v) is 4.59. The summed E-state index contributed by atoms with van der Waals surface area (Å²) in [5.74, 6) is 0.825. The van der Waals surface area contributed by atoms with Crippen molar-refractivity contribution in [3.05, 3.63) is 41.1 Å². The molecule has 5 heteroatoms. The van der Waals surface area contributed by atoms with E-state index in [-0.39, 0.29) is 5.75 Å². The highest BCUT2D eigenvalue weighted by Crippen LogP contribution is 2.24. The van der Waals surface area contributed by atoms with Gasteiger partial charge in [0.2, 0.25) is 0 Å². The quantitative estimate of drug-likeness (QED) is 0.724. The van der Waals surface area contributed by atoms with Gasteiger partial charge >= 0.3 is 0 Å². The third kappa shape index (κ3) is 1.89. The number of benzene rings is 1. The van der Waals surface area contributed by atoms with Crippen LogP contribution in [-0.2, 0) is 0 Å². The van der Waals surface area contributed by atoms with Crippen LogP contribution in [0.5, 0.6) is 5.75 Å². The number of imidazole rings is 1. The SMILES string of the molecule is Oc1cncc(-c2nc3ccc(Br)cc3[nH]2)c1. The minimum atomic E-state index is 0.129. The van der Waals surface area contributed by atoms with Crippen LogP contribution in [0.25, 0.3) is 22.4 Å². The standard InChI is InChI=1S/C12H8BrN3O/c13-8-1-2-10-11(4-8)16-12(15-10)7-3-9(17)6-14-5-7/h1-6,17H,(H,15,16). The van der Waals surface area contributed by atoms with Crippen LogP contribution >= 0.6 is 15.9 Å². The largest absolute Gasteiger partial charge is 0.506 e. The van der Waals surface area contributed by atoms with Gasteiger partial charge in [0.25, 0.3) is 0 Å². The van der Waals surface area contributed by atoms with E-state index < -0.39 is 0 Å². The van der Waals surface area contributed by atoms with E-state index in [9.17, 15) is 5.11 Å². The van der Waals surface area contributed by atoms with Gasteiger partial charge < -0.3 is 10.1 Å². The maximum atomic E-state index is 9.38. The van der Waals surface area contributed by atoms with E-state index in [0.29, 0.717) is 5.82 Å². The molecule has 3 aromatic rings. The Morgan fingerprint density at radius 1 is 1.18 bits per heavy atom. The summed E-state index contributed by atoms with van der Waals surface area (Å²) in [6.45, 7) is 0. The van der Waals surface area contributed by atoms with Crippen molar-refractivity contribution >= 4 is 27.0 Å². The van der Waals surface area contributed by atoms with Crippen molar-refractivity contribution in [1.82, 2.24) is 15.0 Å². The van der Waals surface area contributed by atoms with Gasteiger partial charge in [-0.25, -0.2) is 4.98 Å². The second-order valence-electron chi connectivity index (χ2n) is 3.68. The molecule has 3 rings (SSSR count). The van der Waals surface area contributed by atoms with Gasteiger partial charge in [0.15, 0.2) is 0 Å². The lowest BCUT2D eigenvalue weighted by Gasteiger charge is -1.95. The first-order chi connectivity index (χ1) is 8.22. The predicted octanol–water partition coefficient (Wildman–Crippen LogP) is 3.09. The molecule has 0 atom stereocenters. The lowest BCUT2D eigenvalue weighted by molar-refractivity contribution is 0.473. The van der Waals surface area contributed by atoms with E-state index in [2.05, 4.69) is 30.9 Å². The summed E-state index contributed by atoms with van der Waals surface area (Å²) in [7, 11) is 0. The minimum absolute atomic E-state index is 0.129. The van der Waals surface area contributed by atoms with Crippen molar-refractivity contribution in [2.75, 3.05) is 0 Å². The molecule has 0 saturated carbocycles. The van der Waals surface area contributed by atoms with Crippen LogP contribution in [0.15, 0.2) is 41.1 Å². The monoisotopic (exact) mass is 289 g/mol. The second kappa shape index (κ2) is 3.85. The number of aromatic nitrogens is 3. The van der Waals surface area contributed by atoms with Crippen molar-refractivity contribution in [2.24, 2.45) is 0 Å². The van der Waals surface area contributed by atoms with E-state index >= 15 is 0 Å². The number of hydrogen-bond acceptors (Lipinski definition) is 3. The number of aromatic amines is 1. The molecule has 1 aromatic carbocycles. The number of hydrogen-bond donors (Lipinski definition) is 2. The molecule has 0 unspecified atom stereocenters. The number of pyridine rings is 1. The highest BCUT2D eigenvalue weighted by atomic mass is 79.9. The Balaban J connectivity index is 2.18. The number of halogens is 1. The predicted molar refractivity (Wildman–Crippen MR) is 68.7 cm³/mol. The number of nitrogens with one attached hydrogen (secondary N) is 1. The summed E-state index contributed by atoms with van der Waals surface area (Å²) in [6, 6.07) is 7.45. The Labute approximate surface area is 105 Å². The van der Waals surface area contributed by atoms with Crippen LogP contribution in [0, 0.1) is 0 Å². The molecular weight excluding hydrogens is 282 g/mol. The molecule has 0 bridgehead atoms. The third-order valence-electron chi connectivity index (χ3n) is 2.44. The van der Waals surface area contributed by atoms with Crippen LogP contribution < -0.4 is 0 Å². The van der Waals surface area contributed by atoms with E-state index in [1.165, 1.54) is 6.20 Å². The summed E-state index contributed by atoms with van der Waals surface area (Å²) in [5.41, 5.74) is 2.58. The zero-order valence-electron chi connectivity index (χ0n) is 8.68. The Morgan fingerprint density at radius 3 is 2.88 bits per heavy atom. The fraction of sp³-hybridized carbons (Fsp3) is 0. The van der Waals surface area contributed by atoms with Crippen LogP contribution in [0.3, 0.4) is 0 Å². The molecule has 2 N–H and O–H groups in total. The van der Waals surface area contributed by atoms with Crippen LogP contribution in [0.2, 0.25) is 0 Å². The number of fused-ring (bicyclic) bond motifs is 1. The molecule has 0 aliphatic heterocycles. The number of aromatic hydroxyl groups is 1. The summed E-state index contributed by atoms with van der Waals surface area (Å²) in [5, 5.41) is 9.38. The van der Waals surface area contributed by atoms with Crippen LogP contribution in [0.4, 0.5) is 0 Å². The molecule has 0 amide bonds. The molecule has 0 radical (unpaired) electrons. The summed E-state index contributed by atoms with van der Waals surface area (Å²) in [6.07, 6.45) is 3.05. The average molecular weight is 290 g/mol. The van der Waals surface area contributed by atoms with Crippen molar-refractivity contribution in [1.29, 1.82) is 0 Å². The summed E-state index contributed by atoms with van der Waals surface area (Å²) >= 11 is 3.41. The van der Waals surface area contributed by atoms with Crippen molar-refractivity contribution in [2.45, 2.75) is 0 Å². The van der Waals surface area contributed by atoms with Gasteiger partial charge in [0, 0.05) is 16.2 Å². The van der Waals surface area contributed by atoms with E-state index in [1.807, 2.05) is 18.2 Å². The maximum absolute atomic E-state index is 9.38. The smallest absolute Gasteiger partial charge is 0.140 e. The van der Waals surface area contributed by atoms with E-state index in [1.54, 1.807) is 12.3 Å². The minimum Gasteiger partial charge on any atom is -0.506 e. The van der Waals surface area contributed by atoms with E-state index in [4.69, 9.17) is 0 Å². The van der Waals surface area contributed by atoms with Gasteiger partial charge in [-0.3, -0.25) is 4.98 Å². The van der Waals surface area contributed by atoms with Gasteiger partial charge in [-0.15, -0.1) is 0 Å². The molecule has 0 spiro atoms. The first kappa shape index (κ1) is 10.3. The van der Waals surface area contributed by atoms with E-state index in [0.717, 1.165) is 21.1 Å². The third-order valence-corrected chi connectivity index (χ3v) is 2.93. The number of rotatable bonds is 1. The Kier molecular flexibility index (Phi) is 2.33. The van der Waals surface area contributed by atoms with Gasteiger partial charge in [0.1, 0.15) is 11.6 Å². The molecule has 4 nitrogen and oxygen atoms in total. The highest BCUT2D eigenvalue weighted by Gasteiger charge is 2.06. The van der Waals surface area contributed by atoms with Gasteiger partial charge in [-0.2, -0.15) is 0 Å². The molecule has 0 fully saturated rings.